The van der Waals surface area contributed by atoms with Gasteiger partial charge in [-0.3, -0.25) is 0 Å². The molecule has 0 saturated heterocycles. The summed E-state index contributed by atoms with van der Waals surface area (Å²) in [6.45, 7) is 4.24. The lowest BCUT2D eigenvalue weighted by molar-refractivity contribution is 0.660. The summed E-state index contributed by atoms with van der Waals surface area (Å²) in [6.07, 6.45) is 6.69. The minimum Gasteiger partial charge on any atom is -0.310 e. The van der Waals surface area contributed by atoms with E-state index in [1.54, 1.807) is 0 Å². The first-order valence-electron chi connectivity index (χ1n) is 6.05. The van der Waals surface area contributed by atoms with Gasteiger partial charge < -0.3 is 5.32 Å². The van der Waals surface area contributed by atoms with Crippen LogP contribution in [0.15, 0.2) is 5.38 Å². The van der Waals surface area contributed by atoms with E-state index in [9.17, 15) is 0 Å². The van der Waals surface area contributed by atoms with Crippen molar-refractivity contribution in [2.24, 2.45) is 0 Å². The molecule has 0 aliphatic heterocycles. The maximum Gasteiger partial charge on any atom is 0.107 e. The number of nitrogens with one attached hydrogen (secondary N) is 1. The predicted octanol–water partition coefficient (Wildman–Crippen LogP) is 3.30. The van der Waals surface area contributed by atoms with Crippen LogP contribution in [-0.2, 0) is 6.54 Å². The van der Waals surface area contributed by atoms with Crippen LogP contribution in [0.4, 0.5) is 0 Å². The first kappa shape index (κ1) is 11.1. The van der Waals surface area contributed by atoms with Crippen LogP contribution in [0.3, 0.4) is 0 Å². The number of rotatable bonds is 5. The van der Waals surface area contributed by atoms with E-state index in [2.05, 4.69) is 17.6 Å². The summed E-state index contributed by atoms with van der Waals surface area (Å²) in [5, 5.41) is 6.92. The van der Waals surface area contributed by atoms with Crippen molar-refractivity contribution in [1.29, 1.82) is 0 Å². The van der Waals surface area contributed by atoms with Crippen molar-refractivity contribution in [2.75, 3.05) is 6.54 Å². The van der Waals surface area contributed by atoms with Crippen LogP contribution < -0.4 is 5.32 Å². The summed E-state index contributed by atoms with van der Waals surface area (Å²) in [7, 11) is 0. The van der Waals surface area contributed by atoms with E-state index in [0.29, 0.717) is 0 Å². The summed E-state index contributed by atoms with van der Waals surface area (Å²) in [5.74, 6) is 0.765. The molecule has 0 atom stereocenters. The lowest BCUT2D eigenvalue weighted by Crippen LogP contribution is -2.13. The Morgan fingerprint density at radius 1 is 1.47 bits per heavy atom. The van der Waals surface area contributed by atoms with Gasteiger partial charge in [0.15, 0.2) is 0 Å². The fourth-order valence-electron chi connectivity index (χ4n) is 2.19. The molecule has 0 amide bonds. The largest absolute Gasteiger partial charge is 0.310 e. The van der Waals surface area contributed by atoms with Crippen molar-refractivity contribution in [3.05, 3.63) is 16.1 Å². The van der Waals surface area contributed by atoms with Crippen LogP contribution in [0.2, 0.25) is 0 Å². The average Bonchev–Trinajstić information content (AvgIpc) is 2.87. The van der Waals surface area contributed by atoms with Gasteiger partial charge in [-0.1, -0.05) is 19.8 Å². The van der Waals surface area contributed by atoms with Gasteiger partial charge in [-0.15, -0.1) is 11.3 Å². The molecule has 1 heterocycles. The zero-order chi connectivity index (χ0) is 10.5. The summed E-state index contributed by atoms with van der Waals surface area (Å²) in [5.41, 5.74) is 1.35. The fourth-order valence-corrected chi connectivity index (χ4v) is 3.03. The predicted molar refractivity (Wildman–Crippen MR) is 65.3 cm³/mol. The number of thiazole rings is 1. The van der Waals surface area contributed by atoms with Gasteiger partial charge in [0.1, 0.15) is 5.01 Å². The van der Waals surface area contributed by atoms with Crippen LogP contribution >= 0.6 is 11.3 Å². The van der Waals surface area contributed by atoms with Crippen molar-refractivity contribution >= 4 is 11.3 Å². The monoisotopic (exact) mass is 224 g/mol. The highest BCUT2D eigenvalue weighted by Crippen LogP contribution is 2.34. The highest BCUT2D eigenvalue weighted by atomic mass is 32.1. The number of nitrogens with zero attached hydrogens (tertiary/aromatic N) is 1. The highest BCUT2D eigenvalue weighted by Gasteiger charge is 2.19. The molecule has 0 radical (unpaired) electrons. The topological polar surface area (TPSA) is 24.9 Å². The number of hydrogen-bond donors (Lipinski definition) is 1. The third kappa shape index (κ3) is 3.02. The lowest BCUT2D eigenvalue weighted by Gasteiger charge is -2.03. The molecule has 0 unspecified atom stereocenters. The molecule has 2 nitrogen and oxygen atoms in total. The zero-order valence-electron chi connectivity index (χ0n) is 9.46. The minimum absolute atomic E-state index is 0.765. The fraction of sp³-hybridized carbons (Fsp3) is 0.750. The molecule has 1 N–H and O–H groups in total. The smallest absolute Gasteiger partial charge is 0.107 e. The summed E-state index contributed by atoms with van der Waals surface area (Å²) in [6, 6.07) is 0. The maximum absolute atomic E-state index is 4.72. The van der Waals surface area contributed by atoms with Crippen molar-refractivity contribution in [3.8, 4) is 0 Å². The van der Waals surface area contributed by atoms with Crippen LogP contribution in [0.1, 0.15) is 55.6 Å². The summed E-state index contributed by atoms with van der Waals surface area (Å²) >= 11 is 1.81. The lowest BCUT2D eigenvalue weighted by atomic mass is 10.1. The van der Waals surface area contributed by atoms with Crippen LogP contribution in [0.5, 0.6) is 0 Å². The molecule has 3 heteroatoms. The average molecular weight is 224 g/mol. The summed E-state index contributed by atoms with van der Waals surface area (Å²) in [4.78, 5) is 4.72. The minimum atomic E-state index is 0.765. The van der Waals surface area contributed by atoms with E-state index in [1.807, 2.05) is 11.3 Å². The van der Waals surface area contributed by atoms with E-state index in [1.165, 1.54) is 42.8 Å². The van der Waals surface area contributed by atoms with Crippen molar-refractivity contribution in [2.45, 2.75) is 51.5 Å². The van der Waals surface area contributed by atoms with E-state index in [-0.39, 0.29) is 0 Å². The second-order valence-corrected chi connectivity index (χ2v) is 5.27. The molecule has 1 aliphatic carbocycles. The molecular formula is C12H20N2S. The standard InChI is InChI=1S/C12H20N2S/c1-2-7-13-8-12-14-11(9-15-12)10-5-3-4-6-10/h9-10,13H,2-8H2,1H3. The number of hydrogen-bond acceptors (Lipinski definition) is 3. The van der Waals surface area contributed by atoms with Gasteiger partial charge in [0.25, 0.3) is 0 Å². The third-order valence-corrected chi connectivity index (χ3v) is 3.91. The van der Waals surface area contributed by atoms with Crippen LogP contribution in [0, 0.1) is 0 Å². The maximum atomic E-state index is 4.72. The highest BCUT2D eigenvalue weighted by molar-refractivity contribution is 7.09. The van der Waals surface area contributed by atoms with Crippen LogP contribution in [0.25, 0.3) is 0 Å². The first-order valence-corrected chi connectivity index (χ1v) is 6.93. The van der Waals surface area contributed by atoms with Gasteiger partial charge in [0.05, 0.1) is 5.69 Å². The Bertz CT molecular complexity index is 290. The molecule has 1 aromatic rings. The van der Waals surface area contributed by atoms with Gasteiger partial charge in [0, 0.05) is 17.8 Å². The Morgan fingerprint density at radius 3 is 3.00 bits per heavy atom. The molecule has 1 saturated carbocycles. The van der Waals surface area contributed by atoms with E-state index in [0.717, 1.165) is 19.0 Å². The second-order valence-electron chi connectivity index (χ2n) is 4.32. The molecule has 1 aliphatic rings. The molecule has 84 valence electrons. The molecule has 0 aromatic carbocycles. The number of aromatic nitrogens is 1. The van der Waals surface area contributed by atoms with Gasteiger partial charge in [0.2, 0.25) is 0 Å². The van der Waals surface area contributed by atoms with E-state index >= 15 is 0 Å². The Labute approximate surface area is 96.1 Å². The molecule has 15 heavy (non-hydrogen) atoms. The van der Waals surface area contributed by atoms with E-state index < -0.39 is 0 Å². The molecule has 0 bridgehead atoms. The Kier molecular flexibility index (Phi) is 4.15. The zero-order valence-corrected chi connectivity index (χ0v) is 10.3. The molecule has 0 spiro atoms. The van der Waals surface area contributed by atoms with Crippen molar-refractivity contribution in [1.82, 2.24) is 10.3 Å². The molecule has 1 aromatic heterocycles. The second kappa shape index (κ2) is 5.61. The SMILES string of the molecule is CCCNCc1nc(C2CCCC2)cs1. The Balaban J connectivity index is 1.86. The van der Waals surface area contributed by atoms with E-state index in [4.69, 9.17) is 4.98 Å². The van der Waals surface area contributed by atoms with Crippen LogP contribution in [-0.4, -0.2) is 11.5 Å². The van der Waals surface area contributed by atoms with Crippen molar-refractivity contribution < 1.29 is 0 Å². The molecule has 1 fully saturated rings. The normalized spacial score (nSPS) is 17.4. The molecule has 2 rings (SSSR count). The third-order valence-electron chi connectivity index (χ3n) is 3.05. The Hall–Kier alpha value is -0.410. The Morgan fingerprint density at radius 2 is 2.27 bits per heavy atom. The van der Waals surface area contributed by atoms with Gasteiger partial charge >= 0.3 is 0 Å². The quantitative estimate of drug-likeness (QED) is 0.776. The van der Waals surface area contributed by atoms with Gasteiger partial charge in [-0.25, -0.2) is 4.98 Å². The summed E-state index contributed by atoms with van der Waals surface area (Å²) < 4.78 is 0. The van der Waals surface area contributed by atoms with Gasteiger partial charge in [-0.2, -0.15) is 0 Å². The first-order chi connectivity index (χ1) is 7.40. The van der Waals surface area contributed by atoms with Crippen molar-refractivity contribution in [3.63, 3.8) is 0 Å². The van der Waals surface area contributed by atoms with Gasteiger partial charge in [-0.05, 0) is 25.8 Å². The molecular weight excluding hydrogens is 204 g/mol.